The van der Waals surface area contributed by atoms with Gasteiger partial charge in [0.25, 0.3) is 0 Å². The molecule has 1 N–H and O–H groups in total. The first-order valence-corrected chi connectivity index (χ1v) is 7.33. The number of rotatable bonds is 3. The van der Waals surface area contributed by atoms with Crippen LogP contribution in [0.5, 0.6) is 5.75 Å². The monoisotopic (exact) mass is 298 g/mol. The van der Waals surface area contributed by atoms with E-state index in [2.05, 4.69) is 13.8 Å². The van der Waals surface area contributed by atoms with Gasteiger partial charge in [0.15, 0.2) is 0 Å². The molecule has 0 aliphatic carbocycles. The second-order valence-electron chi connectivity index (χ2n) is 6.63. The molecular weight excluding hydrogens is 276 g/mol. The van der Waals surface area contributed by atoms with Crippen LogP contribution in [0.4, 0.5) is 0 Å². The maximum Gasteiger partial charge on any atom is 0.130 e. The number of hydrogen-bond acceptors (Lipinski definition) is 3. The van der Waals surface area contributed by atoms with Crippen molar-refractivity contribution < 1.29 is 14.6 Å². The van der Waals surface area contributed by atoms with Gasteiger partial charge in [-0.3, -0.25) is 0 Å². The van der Waals surface area contributed by atoms with Crippen LogP contribution >= 0.6 is 11.6 Å². The Morgan fingerprint density at radius 2 is 2.00 bits per heavy atom. The standard InChI is InChI=1S/C16H23ClO3/c1-10(18)12-8-11(17)6-7-13(12)19-14-9-15(2,3)20-16(14,4)5/h6-8,10,14,18H,9H2,1-5H3/t10-,14?/m0/s1. The third-order valence-corrected chi connectivity index (χ3v) is 3.92. The highest BCUT2D eigenvalue weighted by Crippen LogP contribution is 2.41. The van der Waals surface area contributed by atoms with Crippen LogP contribution in [0.2, 0.25) is 5.02 Å². The fraction of sp³-hybridized carbons (Fsp3) is 0.625. The smallest absolute Gasteiger partial charge is 0.130 e. The Morgan fingerprint density at radius 3 is 2.50 bits per heavy atom. The van der Waals surface area contributed by atoms with Crippen LogP contribution in [0, 0.1) is 0 Å². The minimum atomic E-state index is -0.623. The fourth-order valence-corrected chi connectivity index (χ4v) is 2.98. The van der Waals surface area contributed by atoms with Crippen molar-refractivity contribution in [3.63, 3.8) is 0 Å². The van der Waals surface area contributed by atoms with Gasteiger partial charge in [-0.25, -0.2) is 0 Å². The van der Waals surface area contributed by atoms with Crippen molar-refractivity contribution in [2.24, 2.45) is 0 Å². The second-order valence-corrected chi connectivity index (χ2v) is 7.07. The average Bonchev–Trinajstić information content (AvgIpc) is 2.48. The molecule has 1 aromatic rings. The molecule has 1 heterocycles. The average molecular weight is 299 g/mol. The molecule has 1 fully saturated rings. The Hall–Kier alpha value is -0.770. The zero-order chi connectivity index (χ0) is 15.1. The number of hydrogen-bond donors (Lipinski definition) is 1. The predicted octanol–water partition coefficient (Wildman–Crippen LogP) is 4.12. The van der Waals surface area contributed by atoms with E-state index in [0.29, 0.717) is 16.3 Å². The highest BCUT2D eigenvalue weighted by molar-refractivity contribution is 6.30. The summed E-state index contributed by atoms with van der Waals surface area (Å²) in [4.78, 5) is 0. The van der Waals surface area contributed by atoms with E-state index in [9.17, 15) is 5.11 Å². The zero-order valence-electron chi connectivity index (χ0n) is 12.7. The van der Waals surface area contributed by atoms with Crippen LogP contribution < -0.4 is 4.74 Å². The zero-order valence-corrected chi connectivity index (χ0v) is 13.5. The molecule has 0 saturated carbocycles. The van der Waals surface area contributed by atoms with Crippen molar-refractivity contribution in [2.75, 3.05) is 0 Å². The summed E-state index contributed by atoms with van der Waals surface area (Å²) in [5.74, 6) is 0.670. The maximum atomic E-state index is 9.87. The molecule has 0 bridgehead atoms. The van der Waals surface area contributed by atoms with Gasteiger partial charge in [-0.05, 0) is 52.8 Å². The topological polar surface area (TPSA) is 38.7 Å². The van der Waals surface area contributed by atoms with Crippen LogP contribution in [-0.4, -0.2) is 22.4 Å². The van der Waals surface area contributed by atoms with Gasteiger partial charge in [-0.15, -0.1) is 0 Å². The lowest BCUT2D eigenvalue weighted by atomic mass is 9.97. The molecule has 1 aliphatic rings. The van der Waals surface area contributed by atoms with Crippen molar-refractivity contribution in [1.29, 1.82) is 0 Å². The highest BCUT2D eigenvalue weighted by atomic mass is 35.5. The first-order chi connectivity index (χ1) is 9.11. The summed E-state index contributed by atoms with van der Waals surface area (Å²) in [6, 6.07) is 5.33. The van der Waals surface area contributed by atoms with Crippen LogP contribution in [0.3, 0.4) is 0 Å². The van der Waals surface area contributed by atoms with E-state index < -0.39 is 6.10 Å². The molecule has 3 nitrogen and oxygen atoms in total. The fourth-order valence-electron chi connectivity index (χ4n) is 2.80. The minimum absolute atomic E-state index is 0.0591. The van der Waals surface area contributed by atoms with E-state index in [0.717, 1.165) is 6.42 Å². The minimum Gasteiger partial charge on any atom is -0.487 e. The van der Waals surface area contributed by atoms with E-state index >= 15 is 0 Å². The normalized spacial score (nSPS) is 25.4. The summed E-state index contributed by atoms with van der Waals surface area (Å²) in [6.45, 7) is 9.90. The van der Waals surface area contributed by atoms with Gasteiger partial charge in [0.2, 0.25) is 0 Å². The third-order valence-electron chi connectivity index (χ3n) is 3.68. The van der Waals surface area contributed by atoms with Gasteiger partial charge in [0.1, 0.15) is 17.5 Å². The molecule has 1 saturated heterocycles. The first kappa shape index (κ1) is 15.6. The van der Waals surface area contributed by atoms with Crippen molar-refractivity contribution in [2.45, 2.75) is 64.4 Å². The van der Waals surface area contributed by atoms with Gasteiger partial charge >= 0.3 is 0 Å². The second kappa shape index (κ2) is 5.21. The molecule has 1 unspecified atom stereocenters. The quantitative estimate of drug-likeness (QED) is 0.912. The van der Waals surface area contributed by atoms with Gasteiger partial charge in [-0.1, -0.05) is 11.6 Å². The SMILES string of the molecule is C[C@H](O)c1cc(Cl)ccc1OC1CC(C)(C)OC1(C)C. The number of aliphatic hydroxyl groups excluding tert-OH is 1. The molecule has 0 spiro atoms. The summed E-state index contributed by atoms with van der Waals surface area (Å²) in [7, 11) is 0. The van der Waals surface area contributed by atoms with Gasteiger partial charge < -0.3 is 14.6 Å². The van der Waals surface area contributed by atoms with E-state index in [-0.39, 0.29) is 17.3 Å². The van der Waals surface area contributed by atoms with Gasteiger partial charge in [0, 0.05) is 17.0 Å². The van der Waals surface area contributed by atoms with E-state index in [1.165, 1.54) is 0 Å². The molecule has 1 aromatic carbocycles. The molecule has 20 heavy (non-hydrogen) atoms. The number of aliphatic hydroxyl groups is 1. The molecule has 0 radical (unpaired) electrons. The molecule has 0 aromatic heterocycles. The first-order valence-electron chi connectivity index (χ1n) is 6.95. The molecule has 0 amide bonds. The number of ether oxygens (including phenoxy) is 2. The summed E-state index contributed by atoms with van der Waals surface area (Å²) < 4.78 is 12.2. The lowest BCUT2D eigenvalue weighted by Gasteiger charge is -2.28. The van der Waals surface area contributed by atoms with Crippen molar-refractivity contribution in [1.82, 2.24) is 0 Å². The number of halogens is 1. The summed E-state index contributed by atoms with van der Waals surface area (Å²) >= 11 is 5.99. The van der Waals surface area contributed by atoms with Gasteiger partial charge in [0.05, 0.1) is 11.7 Å². The molecule has 2 rings (SSSR count). The Bertz CT molecular complexity index is 494. The maximum absolute atomic E-state index is 9.87. The molecule has 112 valence electrons. The van der Waals surface area contributed by atoms with Crippen LogP contribution in [0.15, 0.2) is 18.2 Å². The third kappa shape index (κ3) is 3.27. The van der Waals surface area contributed by atoms with Crippen LogP contribution in [-0.2, 0) is 4.74 Å². The summed E-state index contributed by atoms with van der Waals surface area (Å²) in [6.07, 6.45) is 0.125. The lowest BCUT2D eigenvalue weighted by Crippen LogP contribution is -2.37. The Balaban J connectivity index is 2.27. The Morgan fingerprint density at radius 1 is 1.35 bits per heavy atom. The van der Waals surface area contributed by atoms with Crippen molar-refractivity contribution >= 4 is 11.6 Å². The van der Waals surface area contributed by atoms with Crippen LogP contribution in [0.25, 0.3) is 0 Å². The van der Waals surface area contributed by atoms with Crippen molar-refractivity contribution in [3.8, 4) is 5.75 Å². The molecule has 1 aliphatic heterocycles. The summed E-state index contributed by atoms with van der Waals surface area (Å²) in [5, 5.41) is 10.5. The lowest BCUT2D eigenvalue weighted by molar-refractivity contribution is -0.0848. The molecule has 2 atom stereocenters. The van der Waals surface area contributed by atoms with E-state index in [1.54, 1.807) is 19.1 Å². The van der Waals surface area contributed by atoms with Crippen LogP contribution in [0.1, 0.15) is 52.7 Å². The van der Waals surface area contributed by atoms with E-state index in [4.69, 9.17) is 21.1 Å². The van der Waals surface area contributed by atoms with Gasteiger partial charge in [-0.2, -0.15) is 0 Å². The summed E-state index contributed by atoms with van der Waals surface area (Å²) in [5.41, 5.74) is 0.142. The molecular formula is C16H23ClO3. The Labute approximate surface area is 125 Å². The predicted molar refractivity (Wildman–Crippen MR) is 80.4 cm³/mol. The molecule has 4 heteroatoms. The largest absolute Gasteiger partial charge is 0.487 e. The van der Waals surface area contributed by atoms with Crippen molar-refractivity contribution in [3.05, 3.63) is 28.8 Å². The van der Waals surface area contributed by atoms with E-state index in [1.807, 2.05) is 19.9 Å². The number of benzene rings is 1. The highest BCUT2D eigenvalue weighted by Gasteiger charge is 2.47. The Kier molecular flexibility index (Phi) is 4.07.